The first-order valence-corrected chi connectivity index (χ1v) is 4.74. The molecule has 13 heavy (non-hydrogen) atoms. The molecule has 0 aromatic carbocycles. The summed E-state index contributed by atoms with van der Waals surface area (Å²) in [5, 5.41) is 6.93. The first kappa shape index (κ1) is 8.72. The predicted octanol–water partition coefficient (Wildman–Crippen LogP) is 0.157. The van der Waals surface area contributed by atoms with Crippen LogP contribution >= 0.6 is 0 Å². The number of piperazine rings is 1. The van der Waals surface area contributed by atoms with Crippen LogP contribution in [0.4, 0.5) is 0 Å². The second kappa shape index (κ2) is 3.89. The largest absolute Gasteiger partial charge is 0.304 e. The van der Waals surface area contributed by atoms with Crippen molar-refractivity contribution in [1.82, 2.24) is 20.0 Å². The Kier molecular flexibility index (Phi) is 2.61. The summed E-state index contributed by atoms with van der Waals surface area (Å²) in [6.45, 7) is 5.68. The van der Waals surface area contributed by atoms with E-state index in [1.807, 2.05) is 12.3 Å². The number of nitrogens with one attached hydrogen (secondary N) is 1. The Morgan fingerprint density at radius 1 is 1.38 bits per heavy atom. The molecule has 0 bridgehead atoms. The maximum atomic E-state index is 3.94. The minimum absolute atomic E-state index is 1.01. The van der Waals surface area contributed by atoms with Crippen molar-refractivity contribution in [3.05, 3.63) is 18.0 Å². The smallest absolute Gasteiger partial charge is 0.0492 e. The Hall–Kier alpha value is -0.870. The third-order valence-corrected chi connectivity index (χ3v) is 2.55. The molecule has 1 aromatic heterocycles. The lowest BCUT2D eigenvalue weighted by Crippen LogP contribution is -2.43. The number of hydrogen-bond acceptors (Lipinski definition) is 3. The van der Waals surface area contributed by atoms with Gasteiger partial charge >= 0.3 is 0 Å². The quantitative estimate of drug-likeness (QED) is 0.704. The molecule has 1 fully saturated rings. The molecule has 1 saturated heterocycles. The molecule has 2 heterocycles. The zero-order valence-electron chi connectivity index (χ0n) is 8.03. The van der Waals surface area contributed by atoms with E-state index in [2.05, 4.69) is 27.0 Å². The van der Waals surface area contributed by atoms with Crippen LogP contribution in [0.5, 0.6) is 0 Å². The van der Waals surface area contributed by atoms with E-state index in [-0.39, 0.29) is 0 Å². The van der Waals surface area contributed by atoms with E-state index < -0.39 is 0 Å². The van der Waals surface area contributed by atoms with Crippen LogP contribution in [-0.4, -0.2) is 53.2 Å². The van der Waals surface area contributed by atoms with Gasteiger partial charge in [-0.05, 0) is 13.1 Å². The lowest BCUT2D eigenvalue weighted by Gasteiger charge is -2.31. The zero-order chi connectivity index (χ0) is 9.10. The number of rotatable bonds is 2. The monoisotopic (exact) mass is 180 g/mol. The average molecular weight is 180 g/mol. The number of H-pyrrole nitrogens is 1. The fourth-order valence-electron chi connectivity index (χ4n) is 1.62. The maximum Gasteiger partial charge on any atom is 0.0492 e. The summed E-state index contributed by atoms with van der Waals surface area (Å²) in [6, 6.07) is 2.04. The van der Waals surface area contributed by atoms with E-state index in [4.69, 9.17) is 0 Å². The molecular weight excluding hydrogens is 164 g/mol. The van der Waals surface area contributed by atoms with Gasteiger partial charge in [0.15, 0.2) is 0 Å². The molecule has 1 aliphatic heterocycles. The molecule has 0 spiro atoms. The fraction of sp³-hybridized carbons (Fsp3) is 0.667. The molecule has 1 aromatic rings. The summed E-state index contributed by atoms with van der Waals surface area (Å²) >= 11 is 0. The zero-order valence-corrected chi connectivity index (χ0v) is 8.03. The maximum absolute atomic E-state index is 3.94. The molecule has 1 N–H and O–H groups in total. The van der Waals surface area contributed by atoms with Crippen LogP contribution in [0, 0.1) is 0 Å². The first-order chi connectivity index (χ1) is 6.34. The van der Waals surface area contributed by atoms with Crippen molar-refractivity contribution in [1.29, 1.82) is 0 Å². The van der Waals surface area contributed by atoms with Gasteiger partial charge in [0.1, 0.15) is 0 Å². The Labute approximate surface area is 78.5 Å². The van der Waals surface area contributed by atoms with Gasteiger partial charge in [0.25, 0.3) is 0 Å². The molecule has 0 unspecified atom stereocenters. The van der Waals surface area contributed by atoms with Crippen molar-refractivity contribution in [3.8, 4) is 0 Å². The second-order valence-corrected chi connectivity index (χ2v) is 3.66. The highest BCUT2D eigenvalue weighted by atomic mass is 15.3. The van der Waals surface area contributed by atoms with Crippen molar-refractivity contribution >= 4 is 0 Å². The van der Waals surface area contributed by atoms with Gasteiger partial charge in [0.05, 0.1) is 0 Å². The van der Waals surface area contributed by atoms with Gasteiger partial charge in [-0.2, -0.15) is 5.10 Å². The topological polar surface area (TPSA) is 35.2 Å². The van der Waals surface area contributed by atoms with E-state index in [1.54, 1.807) is 0 Å². The second-order valence-electron chi connectivity index (χ2n) is 3.66. The van der Waals surface area contributed by atoms with Crippen molar-refractivity contribution in [2.24, 2.45) is 0 Å². The Bertz CT molecular complexity index is 236. The minimum atomic E-state index is 1.01. The third kappa shape index (κ3) is 2.29. The Morgan fingerprint density at radius 2 is 2.15 bits per heavy atom. The molecule has 1 aliphatic rings. The molecule has 0 amide bonds. The summed E-state index contributed by atoms with van der Waals surface area (Å²) in [7, 11) is 2.17. The van der Waals surface area contributed by atoms with Crippen LogP contribution in [-0.2, 0) is 6.54 Å². The minimum Gasteiger partial charge on any atom is -0.304 e. The predicted molar refractivity (Wildman–Crippen MR) is 51.4 cm³/mol. The molecule has 72 valence electrons. The molecular formula is C9H16N4. The van der Waals surface area contributed by atoms with Gasteiger partial charge in [-0.15, -0.1) is 0 Å². The summed E-state index contributed by atoms with van der Waals surface area (Å²) < 4.78 is 0. The first-order valence-electron chi connectivity index (χ1n) is 4.74. The van der Waals surface area contributed by atoms with Gasteiger partial charge in [0.2, 0.25) is 0 Å². The highest BCUT2D eigenvalue weighted by molar-refractivity contribution is 4.97. The number of likely N-dealkylation sites (N-methyl/N-ethyl adjacent to an activating group) is 1. The Morgan fingerprint density at radius 3 is 2.77 bits per heavy atom. The van der Waals surface area contributed by atoms with Crippen molar-refractivity contribution in [2.75, 3.05) is 33.2 Å². The molecule has 0 aliphatic carbocycles. The van der Waals surface area contributed by atoms with E-state index in [0.717, 1.165) is 19.6 Å². The lowest BCUT2D eigenvalue weighted by molar-refractivity contribution is 0.147. The van der Waals surface area contributed by atoms with Crippen LogP contribution in [0.3, 0.4) is 0 Å². The van der Waals surface area contributed by atoms with Gasteiger partial charge in [-0.1, -0.05) is 0 Å². The summed E-state index contributed by atoms with van der Waals surface area (Å²) in [4.78, 5) is 4.82. The van der Waals surface area contributed by atoms with Crippen molar-refractivity contribution in [3.63, 3.8) is 0 Å². The van der Waals surface area contributed by atoms with Crippen LogP contribution in [0.2, 0.25) is 0 Å². The molecule has 0 saturated carbocycles. The van der Waals surface area contributed by atoms with E-state index in [0.29, 0.717) is 0 Å². The number of nitrogens with zero attached hydrogens (tertiary/aromatic N) is 3. The highest BCUT2D eigenvalue weighted by Crippen LogP contribution is 2.04. The SMILES string of the molecule is CN1CCN(Cc2ccn[nH]2)CC1. The molecule has 0 radical (unpaired) electrons. The number of aromatic nitrogens is 2. The van der Waals surface area contributed by atoms with E-state index in [9.17, 15) is 0 Å². The molecule has 2 rings (SSSR count). The van der Waals surface area contributed by atoms with Crippen molar-refractivity contribution < 1.29 is 0 Å². The number of hydrogen-bond donors (Lipinski definition) is 1. The van der Waals surface area contributed by atoms with Gasteiger partial charge in [-0.3, -0.25) is 10.00 Å². The van der Waals surface area contributed by atoms with Crippen LogP contribution < -0.4 is 0 Å². The normalized spacial score (nSPS) is 20.7. The van der Waals surface area contributed by atoms with Gasteiger partial charge in [-0.25, -0.2) is 0 Å². The lowest BCUT2D eigenvalue weighted by atomic mass is 10.3. The molecule has 0 atom stereocenters. The van der Waals surface area contributed by atoms with E-state index in [1.165, 1.54) is 18.8 Å². The fourth-order valence-corrected chi connectivity index (χ4v) is 1.62. The van der Waals surface area contributed by atoms with Crippen LogP contribution in [0.25, 0.3) is 0 Å². The molecule has 4 heteroatoms. The summed E-state index contributed by atoms with van der Waals surface area (Å²) in [5.41, 5.74) is 1.21. The summed E-state index contributed by atoms with van der Waals surface area (Å²) in [5.74, 6) is 0. The summed E-state index contributed by atoms with van der Waals surface area (Å²) in [6.07, 6.45) is 1.81. The standard InChI is InChI=1S/C9H16N4/c1-12-4-6-13(7-5-12)8-9-2-3-10-11-9/h2-3H,4-8H2,1H3,(H,10,11). The van der Waals surface area contributed by atoms with Gasteiger partial charge < -0.3 is 4.90 Å². The molecule has 4 nitrogen and oxygen atoms in total. The number of aromatic amines is 1. The van der Waals surface area contributed by atoms with Crippen LogP contribution in [0.15, 0.2) is 12.3 Å². The van der Waals surface area contributed by atoms with Gasteiger partial charge in [0, 0.05) is 44.6 Å². The van der Waals surface area contributed by atoms with E-state index >= 15 is 0 Å². The highest BCUT2D eigenvalue weighted by Gasteiger charge is 2.13. The third-order valence-electron chi connectivity index (χ3n) is 2.55. The average Bonchev–Trinajstić information content (AvgIpc) is 2.62. The van der Waals surface area contributed by atoms with Crippen molar-refractivity contribution in [2.45, 2.75) is 6.54 Å². The van der Waals surface area contributed by atoms with Crippen LogP contribution in [0.1, 0.15) is 5.69 Å². The Balaban J connectivity index is 1.83.